The van der Waals surface area contributed by atoms with Crippen LogP contribution in [-0.4, -0.2) is 16.6 Å². The van der Waals surface area contributed by atoms with Crippen molar-refractivity contribution in [2.45, 2.75) is 25.3 Å². The van der Waals surface area contributed by atoms with Crippen molar-refractivity contribution in [2.75, 3.05) is 11.1 Å². The third kappa shape index (κ3) is 3.99. The number of hydrogen-bond donors (Lipinski definition) is 1. The minimum atomic E-state index is -0.436. The normalized spacial score (nSPS) is 10.8. The first kappa shape index (κ1) is 17.4. The van der Waals surface area contributed by atoms with Crippen LogP contribution in [0.5, 0.6) is 0 Å². The number of hydrogen-bond acceptors (Lipinski definition) is 3. The van der Waals surface area contributed by atoms with Gasteiger partial charge in [0.05, 0.1) is 17.0 Å². The van der Waals surface area contributed by atoms with Crippen molar-refractivity contribution in [1.82, 2.24) is 4.98 Å². The molecular weight excluding hydrogens is 335 g/mol. The van der Waals surface area contributed by atoms with E-state index in [4.69, 9.17) is 4.98 Å². The summed E-state index contributed by atoms with van der Waals surface area (Å²) in [4.78, 5) is 16.9. The Hall–Kier alpha value is -2.40. The second kappa shape index (κ2) is 7.66. The second-order valence-corrected chi connectivity index (χ2v) is 6.73. The molecule has 3 nitrogen and oxygen atoms in total. The maximum atomic E-state index is 13.6. The molecule has 0 saturated heterocycles. The fraction of sp³-hybridized carbons (Fsp3) is 0.200. The minimum absolute atomic E-state index is 0.186. The lowest BCUT2D eigenvalue weighted by Crippen LogP contribution is -2.15. The number of aryl methyl sites for hydroxylation is 2. The molecule has 1 N–H and O–H groups in total. The van der Waals surface area contributed by atoms with Gasteiger partial charge in [0.15, 0.2) is 0 Å². The van der Waals surface area contributed by atoms with Gasteiger partial charge in [0.2, 0.25) is 5.91 Å². The van der Waals surface area contributed by atoms with E-state index in [1.54, 1.807) is 18.2 Å². The van der Waals surface area contributed by atoms with Crippen molar-refractivity contribution in [2.24, 2.45) is 0 Å². The first-order chi connectivity index (χ1) is 12.1. The fourth-order valence-electron chi connectivity index (χ4n) is 2.63. The summed E-state index contributed by atoms with van der Waals surface area (Å²) >= 11 is 1.38. The van der Waals surface area contributed by atoms with Gasteiger partial charge in [0, 0.05) is 5.39 Å². The molecule has 128 valence electrons. The molecule has 1 aromatic heterocycles. The summed E-state index contributed by atoms with van der Waals surface area (Å²) < 4.78 is 13.6. The van der Waals surface area contributed by atoms with E-state index in [0.717, 1.165) is 33.5 Å². The van der Waals surface area contributed by atoms with Crippen LogP contribution in [0.4, 0.5) is 10.1 Å². The summed E-state index contributed by atoms with van der Waals surface area (Å²) in [6, 6.07) is 14.4. The first-order valence-electron chi connectivity index (χ1n) is 8.15. The van der Waals surface area contributed by atoms with Crippen molar-refractivity contribution >= 4 is 34.3 Å². The maximum Gasteiger partial charge on any atom is 0.234 e. The van der Waals surface area contributed by atoms with Gasteiger partial charge >= 0.3 is 0 Å². The predicted octanol–water partition coefficient (Wildman–Crippen LogP) is 4.98. The summed E-state index contributed by atoms with van der Waals surface area (Å²) in [7, 11) is 0. The molecule has 0 fully saturated rings. The zero-order valence-electron chi connectivity index (χ0n) is 14.2. The Morgan fingerprint density at radius 1 is 1.20 bits per heavy atom. The van der Waals surface area contributed by atoms with Gasteiger partial charge < -0.3 is 5.32 Å². The number of fused-ring (bicyclic) bond motifs is 1. The molecule has 1 heterocycles. The molecule has 0 spiro atoms. The van der Waals surface area contributed by atoms with E-state index in [-0.39, 0.29) is 17.3 Å². The second-order valence-electron chi connectivity index (χ2n) is 5.77. The van der Waals surface area contributed by atoms with Gasteiger partial charge in [-0.3, -0.25) is 4.79 Å². The molecule has 0 unspecified atom stereocenters. The van der Waals surface area contributed by atoms with E-state index in [1.165, 1.54) is 17.8 Å². The third-order valence-corrected chi connectivity index (χ3v) is 4.99. The van der Waals surface area contributed by atoms with Gasteiger partial charge in [0.25, 0.3) is 0 Å². The number of pyridine rings is 1. The fourth-order valence-corrected chi connectivity index (χ4v) is 3.52. The van der Waals surface area contributed by atoms with Gasteiger partial charge in [-0.05, 0) is 42.7 Å². The monoisotopic (exact) mass is 354 g/mol. The van der Waals surface area contributed by atoms with Crippen LogP contribution in [0.3, 0.4) is 0 Å². The molecule has 25 heavy (non-hydrogen) atoms. The number of benzene rings is 2. The highest BCUT2D eigenvalue weighted by molar-refractivity contribution is 8.00. The van der Waals surface area contributed by atoms with Crippen molar-refractivity contribution in [3.63, 3.8) is 0 Å². The summed E-state index contributed by atoms with van der Waals surface area (Å²) in [5.41, 5.74) is 3.38. The zero-order chi connectivity index (χ0) is 17.8. The van der Waals surface area contributed by atoms with Crippen LogP contribution in [0, 0.1) is 12.7 Å². The SMILES string of the molecule is CCc1cc2cccc(C)c2nc1SCC(=O)Nc1ccccc1F. The van der Waals surface area contributed by atoms with Crippen LogP contribution < -0.4 is 5.32 Å². The average Bonchev–Trinajstić information content (AvgIpc) is 2.61. The number of rotatable bonds is 5. The highest BCUT2D eigenvalue weighted by atomic mass is 32.2. The maximum absolute atomic E-state index is 13.6. The largest absolute Gasteiger partial charge is 0.323 e. The van der Waals surface area contributed by atoms with Gasteiger partial charge in [-0.2, -0.15) is 0 Å². The smallest absolute Gasteiger partial charge is 0.234 e. The molecule has 3 rings (SSSR count). The Morgan fingerprint density at radius 2 is 2.00 bits per heavy atom. The number of amides is 1. The average molecular weight is 354 g/mol. The lowest BCUT2D eigenvalue weighted by atomic mass is 10.1. The standard InChI is InChI=1S/C20H19FN2OS/c1-3-14-11-15-8-6-7-13(2)19(15)23-20(14)25-12-18(24)22-17-10-5-4-9-16(17)21/h4-11H,3,12H2,1-2H3,(H,22,24). The Labute approximate surface area is 150 Å². The number of halogens is 1. The van der Waals surface area contributed by atoms with Crippen molar-refractivity contribution in [1.29, 1.82) is 0 Å². The molecule has 5 heteroatoms. The van der Waals surface area contributed by atoms with Crippen molar-refractivity contribution in [3.8, 4) is 0 Å². The number of carbonyl (C=O) groups excluding carboxylic acids is 1. The summed E-state index contributed by atoms with van der Waals surface area (Å²) in [6.07, 6.45) is 0.841. The van der Waals surface area contributed by atoms with E-state index in [2.05, 4.69) is 18.3 Å². The van der Waals surface area contributed by atoms with Crippen molar-refractivity contribution in [3.05, 3.63) is 65.5 Å². The molecule has 2 aromatic carbocycles. The highest BCUT2D eigenvalue weighted by Gasteiger charge is 2.11. The number of nitrogens with zero attached hydrogens (tertiary/aromatic N) is 1. The Kier molecular flexibility index (Phi) is 5.34. The zero-order valence-corrected chi connectivity index (χ0v) is 15.0. The lowest BCUT2D eigenvalue weighted by Gasteiger charge is -2.11. The molecule has 0 radical (unpaired) electrons. The van der Waals surface area contributed by atoms with Crippen LogP contribution in [0.2, 0.25) is 0 Å². The van der Waals surface area contributed by atoms with E-state index in [9.17, 15) is 9.18 Å². The topological polar surface area (TPSA) is 42.0 Å². The number of thioether (sulfide) groups is 1. The first-order valence-corrected chi connectivity index (χ1v) is 9.13. The van der Waals surface area contributed by atoms with E-state index >= 15 is 0 Å². The van der Waals surface area contributed by atoms with Gasteiger partial charge in [-0.15, -0.1) is 0 Å². The summed E-state index contributed by atoms with van der Waals surface area (Å²) in [6.45, 7) is 4.10. The number of anilines is 1. The molecule has 0 aliphatic carbocycles. The van der Waals surface area contributed by atoms with Crippen LogP contribution >= 0.6 is 11.8 Å². The van der Waals surface area contributed by atoms with Crippen LogP contribution in [0.25, 0.3) is 10.9 Å². The van der Waals surface area contributed by atoms with Crippen LogP contribution in [-0.2, 0) is 11.2 Å². The van der Waals surface area contributed by atoms with E-state index < -0.39 is 5.82 Å². The molecule has 0 saturated carbocycles. The highest BCUT2D eigenvalue weighted by Crippen LogP contribution is 2.27. The molecule has 1 amide bonds. The molecule has 0 aliphatic heterocycles. The quantitative estimate of drug-likeness (QED) is 0.657. The Bertz CT molecular complexity index is 927. The lowest BCUT2D eigenvalue weighted by molar-refractivity contribution is -0.113. The van der Waals surface area contributed by atoms with E-state index in [1.807, 2.05) is 25.1 Å². The summed E-state index contributed by atoms with van der Waals surface area (Å²) in [5, 5.41) is 4.57. The van der Waals surface area contributed by atoms with Crippen LogP contribution in [0.1, 0.15) is 18.1 Å². The molecule has 0 atom stereocenters. The number of aromatic nitrogens is 1. The molecule has 0 aliphatic rings. The van der Waals surface area contributed by atoms with Gasteiger partial charge in [-0.1, -0.05) is 49.0 Å². The molecular formula is C20H19FN2OS. The molecule has 0 bridgehead atoms. The summed E-state index contributed by atoms with van der Waals surface area (Å²) in [5.74, 6) is -0.496. The number of nitrogens with one attached hydrogen (secondary N) is 1. The third-order valence-electron chi connectivity index (χ3n) is 3.96. The van der Waals surface area contributed by atoms with Gasteiger partial charge in [-0.25, -0.2) is 9.37 Å². The molecule has 3 aromatic rings. The van der Waals surface area contributed by atoms with E-state index in [0.29, 0.717) is 0 Å². The number of carbonyl (C=O) groups is 1. The van der Waals surface area contributed by atoms with Crippen LogP contribution in [0.15, 0.2) is 53.6 Å². The Balaban J connectivity index is 1.77. The Morgan fingerprint density at radius 3 is 2.76 bits per heavy atom. The van der Waals surface area contributed by atoms with Crippen molar-refractivity contribution < 1.29 is 9.18 Å². The van der Waals surface area contributed by atoms with Gasteiger partial charge in [0.1, 0.15) is 10.8 Å². The minimum Gasteiger partial charge on any atom is -0.323 e. The predicted molar refractivity (Wildman–Crippen MR) is 102 cm³/mol. The number of para-hydroxylation sites is 2.